The molecule has 0 N–H and O–H groups in total. The highest BCUT2D eigenvalue weighted by atomic mass is 15.2. The van der Waals surface area contributed by atoms with E-state index < -0.39 is 0 Å². The van der Waals surface area contributed by atoms with Gasteiger partial charge in [0.05, 0.1) is 22.4 Å². The number of rotatable bonds is 7. The van der Waals surface area contributed by atoms with Crippen molar-refractivity contribution in [3.8, 4) is 50.2 Å². The van der Waals surface area contributed by atoms with Gasteiger partial charge in [-0.1, -0.05) is 233 Å². The molecule has 1 aromatic heterocycles. The summed E-state index contributed by atoms with van der Waals surface area (Å²) in [5.74, 6) is 0. The van der Waals surface area contributed by atoms with E-state index in [1.54, 1.807) is 0 Å². The van der Waals surface area contributed by atoms with Crippen LogP contribution in [0.15, 0.2) is 285 Å². The van der Waals surface area contributed by atoms with Crippen LogP contribution in [0.4, 0.5) is 34.1 Å². The van der Waals surface area contributed by atoms with E-state index in [0.717, 1.165) is 45.4 Å². The number of nitrogens with zero attached hydrogens (tertiary/aromatic N) is 3. The molecule has 0 spiro atoms. The smallest absolute Gasteiger partial charge is 0.252 e. The van der Waals surface area contributed by atoms with E-state index in [1.165, 1.54) is 104 Å². The van der Waals surface area contributed by atoms with Crippen molar-refractivity contribution in [3.63, 3.8) is 0 Å². The lowest BCUT2D eigenvalue weighted by Crippen LogP contribution is -2.61. The summed E-state index contributed by atoms with van der Waals surface area (Å²) in [7, 11) is 0. The van der Waals surface area contributed by atoms with E-state index in [0.29, 0.717) is 0 Å². The number of hydrogen-bond donors (Lipinski definition) is 0. The van der Waals surface area contributed by atoms with Gasteiger partial charge >= 0.3 is 0 Å². The maximum atomic E-state index is 2.63. The summed E-state index contributed by atoms with van der Waals surface area (Å²) in [6, 6.07) is 107. The number of para-hydroxylation sites is 2. The van der Waals surface area contributed by atoms with Crippen LogP contribution in [0.5, 0.6) is 0 Å². The van der Waals surface area contributed by atoms with Gasteiger partial charge in [0.1, 0.15) is 0 Å². The molecule has 0 aliphatic carbocycles. The van der Waals surface area contributed by atoms with E-state index in [9.17, 15) is 0 Å². The molecular formula is C78H56BN3. The molecule has 82 heavy (non-hydrogen) atoms. The van der Waals surface area contributed by atoms with Crippen LogP contribution in [0.3, 0.4) is 0 Å². The standard InChI is InChI=1S/C78H56BN3/c1-78(2,3)61-38-35-52(36-39-61)60-48-75-77-76(49-60)82(74-47-58-30-16-14-28-56(58)44-66(74)54-25-11-6-12-26-54)72-42-40-62(80-69-33-19-17-31-63(69)64-32-18-20-34-70(64)80)50-68(72)79(77)67-45-59(51-21-7-4-8-22-51)37-41-71(67)81(75)73-46-57-29-15-13-27-55(57)43-65(73)53-23-9-5-10-24-53/h4-50H,1-3H3. The summed E-state index contributed by atoms with van der Waals surface area (Å²) < 4.78 is 2.49. The molecule has 2 aliphatic heterocycles. The topological polar surface area (TPSA) is 11.4 Å². The van der Waals surface area contributed by atoms with Crippen molar-refractivity contribution >= 4 is 101 Å². The molecule has 13 aromatic carbocycles. The first-order valence-corrected chi connectivity index (χ1v) is 28.7. The summed E-state index contributed by atoms with van der Waals surface area (Å²) in [5, 5.41) is 7.27. The number of hydrogen-bond acceptors (Lipinski definition) is 2. The first-order chi connectivity index (χ1) is 40.3. The van der Waals surface area contributed by atoms with Crippen LogP contribution in [0, 0.1) is 0 Å². The number of aromatic nitrogens is 1. The summed E-state index contributed by atoms with van der Waals surface area (Å²) in [6.07, 6.45) is 0. The van der Waals surface area contributed by atoms with Gasteiger partial charge in [0, 0.05) is 50.3 Å². The molecule has 3 heterocycles. The fourth-order valence-electron chi connectivity index (χ4n) is 13.5. The molecule has 0 amide bonds. The Bertz CT molecular complexity index is 4770. The first kappa shape index (κ1) is 47.8. The number of anilines is 6. The van der Waals surface area contributed by atoms with E-state index in [1.807, 2.05) is 0 Å². The van der Waals surface area contributed by atoms with Crippen molar-refractivity contribution in [3.05, 3.63) is 291 Å². The Morgan fingerprint density at radius 2 is 0.707 bits per heavy atom. The second-order valence-electron chi connectivity index (χ2n) is 23.3. The van der Waals surface area contributed by atoms with Gasteiger partial charge in [-0.05, 0) is 155 Å². The quantitative estimate of drug-likeness (QED) is 0.147. The van der Waals surface area contributed by atoms with Crippen molar-refractivity contribution in [1.29, 1.82) is 0 Å². The second kappa shape index (κ2) is 18.7. The van der Waals surface area contributed by atoms with E-state index in [-0.39, 0.29) is 12.1 Å². The van der Waals surface area contributed by atoms with Crippen LogP contribution >= 0.6 is 0 Å². The first-order valence-electron chi connectivity index (χ1n) is 28.7. The molecule has 2 aliphatic rings. The SMILES string of the molecule is CC(C)(C)c1ccc(-c2cc3c4c(c2)N(c2cc5ccccc5cc2-c2ccccc2)c2ccc(-n5c6ccccc6c6ccccc65)cc2B4c2cc(-c4ccccc4)ccc2N3c2cc3ccccc3cc2-c2ccccc2)cc1. The van der Waals surface area contributed by atoms with Crippen LogP contribution in [0.1, 0.15) is 26.3 Å². The highest BCUT2D eigenvalue weighted by molar-refractivity contribution is 7.00. The zero-order chi connectivity index (χ0) is 54.6. The molecule has 0 unspecified atom stereocenters. The van der Waals surface area contributed by atoms with Gasteiger partial charge in [0.25, 0.3) is 6.71 Å². The van der Waals surface area contributed by atoms with Crippen molar-refractivity contribution in [2.45, 2.75) is 26.2 Å². The molecule has 0 radical (unpaired) electrons. The lowest BCUT2D eigenvalue weighted by atomic mass is 9.33. The molecular weight excluding hydrogens is 990 g/mol. The van der Waals surface area contributed by atoms with E-state index in [4.69, 9.17) is 0 Å². The van der Waals surface area contributed by atoms with Crippen molar-refractivity contribution in [2.75, 3.05) is 9.80 Å². The Balaban J connectivity index is 1.07. The minimum absolute atomic E-state index is 0.000848. The lowest BCUT2D eigenvalue weighted by molar-refractivity contribution is 0.590. The van der Waals surface area contributed by atoms with E-state index in [2.05, 4.69) is 320 Å². The Hall–Kier alpha value is -10.2. The van der Waals surface area contributed by atoms with Gasteiger partial charge in [-0.15, -0.1) is 0 Å². The Morgan fingerprint density at radius 3 is 1.22 bits per heavy atom. The monoisotopic (exact) mass is 1050 g/mol. The molecule has 0 saturated carbocycles. The Kier molecular flexibility index (Phi) is 10.9. The summed E-state index contributed by atoms with van der Waals surface area (Å²) in [6.45, 7) is 6.71. The Morgan fingerprint density at radius 1 is 0.293 bits per heavy atom. The fourth-order valence-corrected chi connectivity index (χ4v) is 13.5. The lowest BCUT2D eigenvalue weighted by Gasteiger charge is -2.45. The maximum Gasteiger partial charge on any atom is 0.252 e. The van der Waals surface area contributed by atoms with Crippen LogP contribution in [0.25, 0.3) is 93.5 Å². The van der Waals surface area contributed by atoms with Gasteiger partial charge in [0.15, 0.2) is 0 Å². The average Bonchev–Trinajstić information content (AvgIpc) is 1.93. The third kappa shape index (κ3) is 7.66. The van der Waals surface area contributed by atoms with Gasteiger partial charge in [-0.25, -0.2) is 0 Å². The van der Waals surface area contributed by atoms with Crippen LogP contribution < -0.4 is 26.2 Å². The predicted octanol–water partition coefficient (Wildman–Crippen LogP) is 19.1. The minimum Gasteiger partial charge on any atom is -0.311 e. The summed E-state index contributed by atoms with van der Waals surface area (Å²) in [5.41, 5.74) is 24.8. The van der Waals surface area contributed by atoms with Crippen molar-refractivity contribution < 1.29 is 0 Å². The highest BCUT2D eigenvalue weighted by Crippen LogP contribution is 2.51. The van der Waals surface area contributed by atoms with Gasteiger partial charge in [0.2, 0.25) is 0 Å². The van der Waals surface area contributed by atoms with Crippen LogP contribution in [-0.4, -0.2) is 11.3 Å². The molecule has 3 nitrogen and oxygen atoms in total. The summed E-state index contributed by atoms with van der Waals surface area (Å²) in [4.78, 5) is 5.25. The third-order valence-electron chi connectivity index (χ3n) is 17.5. The largest absolute Gasteiger partial charge is 0.311 e. The summed E-state index contributed by atoms with van der Waals surface area (Å²) >= 11 is 0. The Labute approximate surface area is 479 Å². The molecule has 0 bridgehead atoms. The zero-order valence-corrected chi connectivity index (χ0v) is 46.1. The minimum atomic E-state index is -0.183. The van der Waals surface area contributed by atoms with Gasteiger partial charge in [-0.2, -0.15) is 0 Å². The van der Waals surface area contributed by atoms with Gasteiger partial charge in [-0.3, -0.25) is 0 Å². The highest BCUT2D eigenvalue weighted by Gasteiger charge is 2.45. The fraction of sp³-hybridized carbons (Fsp3) is 0.0513. The predicted molar refractivity (Wildman–Crippen MR) is 350 cm³/mol. The second-order valence-corrected chi connectivity index (χ2v) is 23.3. The number of benzene rings is 13. The normalized spacial score (nSPS) is 12.7. The molecule has 0 fully saturated rings. The van der Waals surface area contributed by atoms with Crippen LogP contribution in [-0.2, 0) is 5.41 Å². The molecule has 4 heteroatoms. The third-order valence-corrected chi connectivity index (χ3v) is 17.5. The molecule has 16 rings (SSSR count). The molecule has 14 aromatic rings. The van der Waals surface area contributed by atoms with E-state index >= 15 is 0 Å². The van der Waals surface area contributed by atoms with Crippen LogP contribution in [0.2, 0.25) is 0 Å². The number of fused-ring (bicyclic) bond motifs is 9. The van der Waals surface area contributed by atoms with Gasteiger partial charge < -0.3 is 14.4 Å². The molecule has 0 saturated heterocycles. The molecule has 0 atom stereocenters. The maximum absolute atomic E-state index is 2.63. The van der Waals surface area contributed by atoms with Crippen molar-refractivity contribution in [2.24, 2.45) is 0 Å². The average molecular weight is 1050 g/mol. The van der Waals surface area contributed by atoms with Crippen molar-refractivity contribution in [1.82, 2.24) is 4.57 Å². The molecule has 386 valence electrons. The zero-order valence-electron chi connectivity index (χ0n) is 46.1.